The quantitative estimate of drug-likeness (QED) is 0.627. The summed E-state index contributed by atoms with van der Waals surface area (Å²) in [5, 5.41) is 0. The summed E-state index contributed by atoms with van der Waals surface area (Å²) >= 11 is 0. The highest BCUT2D eigenvalue weighted by Crippen LogP contribution is 2.51. The molecule has 2 aliphatic rings. The minimum absolute atomic E-state index is 0.381. The summed E-state index contributed by atoms with van der Waals surface area (Å²) in [7, 11) is 0. The van der Waals surface area contributed by atoms with Gasteiger partial charge in [-0.2, -0.15) is 0 Å². The van der Waals surface area contributed by atoms with E-state index in [9.17, 15) is 0 Å². The summed E-state index contributed by atoms with van der Waals surface area (Å²) in [5.74, 6) is 4.29. The van der Waals surface area contributed by atoms with Gasteiger partial charge in [0.15, 0.2) is 0 Å². The molecule has 0 aromatic rings. The van der Waals surface area contributed by atoms with Gasteiger partial charge in [-0.15, -0.1) is 12.3 Å². The van der Waals surface area contributed by atoms with E-state index >= 15 is 0 Å². The second kappa shape index (κ2) is 4.18. The third kappa shape index (κ3) is 2.06. The SMILES string of the molecule is C#C[C@H]1C[C@@H](CN2CCCCC2)C1(C)C. The van der Waals surface area contributed by atoms with Crippen molar-refractivity contribution in [3.63, 3.8) is 0 Å². The van der Waals surface area contributed by atoms with E-state index in [1.807, 2.05) is 0 Å². The van der Waals surface area contributed by atoms with E-state index in [2.05, 4.69) is 24.7 Å². The molecule has 0 bridgehead atoms. The molecule has 1 aliphatic carbocycles. The highest BCUT2D eigenvalue weighted by Gasteiger charge is 2.47. The molecule has 15 heavy (non-hydrogen) atoms. The number of nitrogens with zero attached hydrogens (tertiary/aromatic N) is 1. The summed E-state index contributed by atoms with van der Waals surface area (Å²) in [4.78, 5) is 2.64. The maximum absolute atomic E-state index is 5.54. The van der Waals surface area contributed by atoms with E-state index in [1.54, 1.807) is 0 Å². The van der Waals surface area contributed by atoms with Crippen molar-refractivity contribution in [1.82, 2.24) is 4.90 Å². The summed E-state index contributed by atoms with van der Waals surface area (Å²) in [6.07, 6.45) is 11.0. The zero-order chi connectivity index (χ0) is 10.9. The normalized spacial score (nSPS) is 35.5. The van der Waals surface area contributed by atoms with Gasteiger partial charge in [0.25, 0.3) is 0 Å². The molecule has 0 radical (unpaired) electrons. The van der Waals surface area contributed by atoms with Crippen molar-refractivity contribution in [3.05, 3.63) is 0 Å². The molecule has 84 valence electrons. The second-order valence-corrected chi connectivity index (χ2v) is 5.83. The predicted octanol–water partition coefficient (Wildman–Crippen LogP) is 2.77. The molecule has 0 amide bonds. The van der Waals surface area contributed by atoms with Crippen LogP contribution in [0.1, 0.15) is 39.5 Å². The average molecular weight is 205 g/mol. The van der Waals surface area contributed by atoms with Crippen molar-refractivity contribution in [2.24, 2.45) is 17.3 Å². The molecule has 1 aliphatic heterocycles. The Hall–Kier alpha value is -0.480. The van der Waals surface area contributed by atoms with Crippen LogP contribution in [0.25, 0.3) is 0 Å². The van der Waals surface area contributed by atoms with Crippen LogP contribution in [0.3, 0.4) is 0 Å². The molecule has 0 spiro atoms. The maximum atomic E-state index is 5.54. The number of terminal acetylenes is 1. The first-order chi connectivity index (χ1) is 7.14. The van der Waals surface area contributed by atoms with Gasteiger partial charge in [-0.1, -0.05) is 20.3 Å². The Morgan fingerprint density at radius 3 is 2.47 bits per heavy atom. The van der Waals surface area contributed by atoms with E-state index < -0.39 is 0 Å². The van der Waals surface area contributed by atoms with Crippen molar-refractivity contribution in [1.29, 1.82) is 0 Å². The second-order valence-electron chi connectivity index (χ2n) is 5.83. The van der Waals surface area contributed by atoms with Crippen LogP contribution < -0.4 is 0 Å². The van der Waals surface area contributed by atoms with Gasteiger partial charge in [-0.25, -0.2) is 0 Å². The van der Waals surface area contributed by atoms with Gasteiger partial charge in [-0.3, -0.25) is 0 Å². The molecule has 2 atom stereocenters. The lowest BCUT2D eigenvalue weighted by Gasteiger charge is -2.51. The number of hydrogen-bond acceptors (Lipinski definition) is 1. The minimum atomic E-state index is 0.381. The minimum Gasteiger partial charge on any atom is -0.303 e. The number of piperidine rings is 1. The Kier molecular flexibility index (Phi) is 3.07. The van der Waals surface area contributed by atoms with E-state index in [1.165, 1.54) is 45.3 Å². The van der Waals surface area contributed by atoms with Crippen molar-refractivity contribution in [2.45, 2.75) is 39.5 Å². The van der Waals surface area contributed by atoms with Crippen LogP contribution in [0.5, 0.6) is 0 Å². The Balaban J connectivity index is 1.84. The third-order valence-electron chi connectivity index (χ3n) is 4.60. The van der Waals surface area contributed by atoms with Crippen molar-refractivity contribution in [3.8, 4) is 12.3 Å². The van der Waals surface area contributed by atoms with Crippen LogP contribution in [-0.4, -0.2) is 24.5 Å². The topological polar surface area (TPSA) is 3.24 Å². The molecule has 0 aromatic heterocycles. The number of hydrogen-bond donors (Lipinski definition) is 0. The zero-order valence-corrected chi connectivity index (χ0v) is 10.1. The highest BCUT2D eigenvalue weighted by atomic mass is 15.1. The first kappa shape index (κ1) is 11.0. The lowest BCUT2D eigenvalue weighted by atomic mass is 9.55. The van der Waals surface area contributed by atoms with Crippen molar-refractivity contribution >= 4 is 0 Å². The summed E-state index contributed by atoms with van der Waals surface area (Å²) in [6.45, 7) is 8.59. The fourth-order valence-electron chi connectivity index (χ4n) is 3.06. The molecule has 2 fully saturated rings. The van der Waals surface area contributed by atoms with Gasteiger partial charge >= 0.3 is 0 Å². The Labute approximate surface area is 94.2 Å². The van der Waals surface area contributed by atoms with Crippen LogP contribution in [0.15, 0.2) is 0 Å². The fraction of sp³-hybridized carbons (Fsp3) is 0.857. The third-order valence-corrected chi connectivity index (χ3v) is 4.60. The van der Waals surface area contributed by atoms with Crippen LogP contribution in [-0.2, 0) is 0 Å². The van der Waals surface area contributed by atoms with Gasteiger partial charge in [0, 0.05) is 12.5 Å². The number of rotatable bonds is 2. The molecule has 1 nitrogen and oxygen atoms in total. The molecule has 2 rings (SSSR count). The Morgan fingerprint density at radius 1 is 1.27 bits per heavy atom. The van der Waals surface area contributed by atoms with Gasteiger partial charge in [0.05, 0.1) is 0 Å². The molecule has 1 saturated heterocycles. The lowest BCUT2D eigenvalue weighted by Crippen LogP contribution is -2.50. The van der Waals surface area contributed by atoms with Gasteiger partial charge in [-0.05, 0) is 43.7 Å². The fourth-order valence-corrected chi connectivity index (χ4v) is 3.06. The van der Waals surface area contributed by atoms with E-state index in [0.29, 0.717) is 11.3 Å². The maximum Gasteiger partial charge on any atom is 0.0257 e. The van der Waals surface area contributed by atoms with E-state index in [4.69, 9.17) is 6.42 Å². The van der Waals surface area contributed by atoms with Gasteiger partial charge < -0.3 is 4.90 Å². The van der Waals surface area contributed by atoms with Crippen LogP contribution in [0.4, 0.5) is 0 Å². The standard InChI is InChI=1S/C14H23N/c1-4-12-10-13(14(12,2)3)11-15-8-6-5-7-9-15/h1,12-13H,5-11H2,2-3H3/t12-,13-/m0/s1. The zero-order valence-electron chi connectivity index (χ0n) is 10.1. The summed E-state index contributed by atoms with van der Waals surface area (Å²) in [5.41, 5.74) is 0.381. The van der Waals surface area contributed by atoms with E-state index in [-0.39, 0.29) is 0 Å². The first-order valence-electron chi connectivity index (χ1n) is 6.33. The van der Waals surface area contributed by atoms with Crippen LogP contribution >= 0.6 is 0 Å². The predicted molar refractivity (Wildman–Crippen MR) is 64.5 cm³/mol. The van der Waals surface area contributed by atoms with Gasteiger partial charge in [0.2, 0.25) is 0 Å². The first-order valence-corrected chi connectivity index (χ1v) is 6.33. The largest absolute Gasteiger partial charge is 0.303 e. The molecular formula is C14H23N. The Bertz CT molecular complexity index is 255. The molecule has 1 heteroatoms. The highest BCUT2D eigenvalue weighted by molar-refractivity contribution is 5.10. The molecule has 1 heterocycles. The lowest BCUT2D eigenvalue weighted by molar-refractivity contribution is -0.0111. The van der Waals surface area contributed by atoms with Gasteiger partial charge in [0.1, 0.15) is 0 Å². The molecule has 0 N–H and O–H groups in total. The number of likely N-dealkylation sites (tertiary alicyclic amines) is 1. The smallest absolute Gasteiger partial charge is 0.0257 e. The molecule has 0 aromatic carbocycles. The summed E-state index contributed by atoms with van der Waals surface area (Å²) < 4.78 is 0. The van der Waals surface area contributed by atoms with Crippen molar-refractivity contribution < 1.29 is 0 Å². The van der Waals surface area contributed by atoms with Crippen LogP contribution in [0, 0.1) is 29.6 Å². The monoisotopic (exact) mass is 205 g/mol. The molecular weight excluding hydrogens is 182 g/mol. The van der Waals surface area contributed by atoms with Crippen molar-refractivity contribution in [2.75, 3.05) is 19.6 Å². The summed E-state index contributed by atoms with van der Waals surface area (Å²) in [6, 6.07) is 0. The molecule has 1 saturated carbocycles. The van der Waals surface area contributed by atoms with E-state index in [0.717, 1.165) is 5.92 Å². The molecule has 0 unspecified atom stereocenters. The Morgan fingerprint density at radius 2 is 1.93 bits per heavy atom. The average Bonchev–Trinajstić information content (AvgIpc) is 2.25. The van der Waals surface area contributed by atoms with Crippen LogP contribution in [0.2, 0.25) is 0 Å².